The predicted molar refractivity (Wildman–Crippen MR) is 86.5 cm³/mol. The van der Waals surface area contributed by atoms with Gasteiger partial charge in [-0.15, -0.1) is 0 Å². The van der Waals surface area contributed by atoms with Crippen LogP contribution in [0.5, 0.6) is 0 Å². The van der Waals surface area contributed by atoms with Gasteiger partial charge in [0, 0.05) is 30.3 Å². The first-order chi connectivity index (χ1) is 10.8. The number of nitrogens with two attached hydrogens (primary N) is 1. The first-order valence-corrected chi connectivity index (χ1v) is 7.16. The number of hydrogen-bond acceptors (Lipinski definition) is 6. The van der Waals surface area contributed by atoms with Gasteiger partial charge < -0.3 is 15.8 Å². The molecule has 0 aliphatic rings. The maximum absolute atomic E-state index is 5.81. The molecule has 1 aromatic carbocycles. The van der Waals surface area contributed by atoms with Crippen molar-refractivity contribution < 1.29 is 4.74 Å². The van der Waals surface area contributed by atoms with E-state index in [1.54, 1.807) is 6.20 Å². The number of nitrogens with zero attached hydrogens (tertiary/aromatic N) is 3. The molecule has 114 valence electrons. The van der Waals surface area contributed by atoms with E-state index in [2.05, 4.69) is 25.5 Å². The van der Waals surface area contributed by atoms with Crippen molar-refractivity contribution in [2.45, 2.75) is 6.92 Å². The van der Waals surface area contributed by atoms with Gasteiger partial charge in [-0.3, -0.25) is 5.10 Å². The molecule has 0 fully saturated rings. The average molecular weight is 298 g/mol. The molecular formula is C15H18N6O. The van der Waals surface area contributed by atoms with Gasteiger partial charge in [0.15, 0.2) is 0 Å². The Balaban J connectivity index is 1.92. The second-order valence-corrected chi connectivity index (χ2v) is 4.76. The highest BCUT2D eigenvalue weighted by molar-refractivity contribution is 5.92. The van der Waals surface area contributed by atoms with Gasteiger partial charge >= 0.3 is 0 Å². The van der Waals surface area contributed by atoms with Crippen LogP contribution >= 0.6 is 0 Å². The molecule has 0 bridgehead atoms. The molecule has 0 amide bonds. The summed E-state index contributed by atoms with van der Waals surface area (Å²) < 4.78 is 5.32. The first-order valence-electron chi connectivity index (χ1n) is 7.16. The highest BCUT2D eigenvalue weighted by Crippen LogP contribution is 2.26. The van der Waals surface area contributed by atoms with Crippen LogP contribution in [0.1, 0.15) is 6.92 Å². The Bertz CT molecular complexity index is 756. The van der Waals surface area contributed by atoms with Gasteiger partial charge in [0.2, 0.25) is 5.95 Å². The van der Waals surface area contributed by atoms with Crippen LogP contribution < -0.4 is 11.1 Å². The summed E-state index contributed by atoms with van der Waals surface area (Å²) in [4.78, 5) is 8.58. The molecule has 0 radical (unpaired) electrons. The monoisotopic (exact) mass is 298 g/mol. The van der Waals surface area contributed by atoms with E-state index in [0.717, 1.165) is 28.0 Å². The number of ether oxygens (including phenoxy) is 1. The number of anilines is 2. The summed E-state index contributed by atoms with van der Waals surface area (Å²) in [5.74, 6) is 0.964. The van der Waals surface area contributed by atoms with Crippen molar-refractivity contribution in [2.75, 3.05) is 30.8 Å². The van der Waals surface area contributed by atoms with Crippen LogP contribution in [-0.4, -0.2) is 39.9 Å². The fraction of sp³-hybridized carbons (Fsp3) is 0.267. The minimum atomic E-state index is 0.244. The molecule has 0 atom stereocenters. The maximum Gasteiger partial charge on any atom is 0.222 e. The van der Waals surface area contributed by atoms with Crippen molar-refractivity contribution in [3.63, 3.8) is 0 Å². The Hall–Kier alpha value is -2.67. The molecule has 7 nitrogen and oxygen atoms in total. The lowest BCUT2D eigenvalue weighted by atomic mass is 10.1. The lowest BCUT2D eigenvalue weighted by molar-refractivity contribution is 0.158. The minimum absolute atomic E-state index is 0.244. The molecule has 0 unspecified atom stereocenters. The maximum atomic E-state index is 5.81. The zero-order chi connectivity index (χ0) is 15.4. The molecule has 4 N–H and O–H groups in total. The zero-order valence-corrected chi connectivity index (χ0v) is 12.3. The van der Waals surface area contributed by atoms with Crippen LogP contribution in [0.4, 0.5) is 11.8 Å². The largest absolute Gasteiger partial charge is 0.380 e. The molecule has 3 aromatic rings. The summed E-state index contributed by atoms with van der Waals surface area (Å²) in [6.07, 6.45) is 1.72. The van der Waals surface area contributed by atoms with Crippen molar-refractivity contribution in [3.05, 3.63) is 30.5 Å². The molecule has 0 spiro atoms. The fourth-order valence-electron chi connectivity index (χ4n) is 2.25. The second kappa shape index (κ2) is 6.40. The number of aromatic nitrogens is 4. The highest BCUT2D eigenvalue weighted by atomic mass is 16.5. The summed E-state index contributed by atoms with van der Waals surface area (Å²) in [6, 6.07) is 7.86. The first kappa shape index (κ1) is 14.3. The van der Waals surface area contributed by atoms with E-state index in [-0.39, 0.29) is 5.95 Å². The van der Waals surface area contributed by atoms with E-state index in [9.17, 15) is 0 Å². The Kier molecular flexibility index (Phi) is 4.15. The minimum Gasteiger partial charge on any atom is -0.380 e. The molecule has 7 heteroatoms. The predicted octanol–water partition coefficient (Wildman–Crippen LogP) is 2.05. The van der Waals surface area contributed by atoms with Gasteiger partial charge in [0.1, 0.15) is 5.82 Å². The molecule has 0 saturated carbocycles. The highest BCUT2D eigenvalue weighted by Gasteiger charge is 2.08. The van der Waals surface area contributed by atoms with Crippen molar-refractivity contribution in [3.8, 4) is 11.3 Å². The number of nitrogen functional groups attached to an aromatic ring is 1. The summed E-state index contributed by atoms with van der Waals surface area (Å²) in [7, 11) is 0. The molecule has 22 heavy (non-hydrogen) atoms. The van der Waals surface area contributed by atoms with Crippen molar-refractivity contribution in [2.24, 2.45) is 0 Å². The van der Waals surface area contributed by atoms with Crippen LogP contribution in [-0.2, 0) is 4.74 Å². The van der Waals surface area contributed by atoms with E-state index < -0.39 is 0 Å². The normalized spacial score (nSPS) is 11.0. The zero-order valence-electron chi connectivity index (χ0n) is 12.3. The topological polar surface area (TPSA) is 102 Å². The Labute approximate surface area is 127 Å². The third kappa shape index (κ3) is 2.99. The number of H-pyrrole nitrogens is 1. The summed E-state index contributed by atoms with van der Waals surface area (Å²) in [5, 5.41) is 11.1. The summed E-state index contributed by atoms with van der Waals surface area (Å²) >= 11 is 0. The van der Waals surface area contributed by atoms with E-state index in [1.807, 2.05) is 31.2 Å². The number of aromatic amines is 1. The molecule has 3 rings (SSSR count). The Morgan fingerprint density at radius 3 is 2.95 bits per heavy atom. The number of hydrogen-bond donors (Lipinski definition) is 3. The van der Waals surface area contributed by atoms with E-state index >= 15 is 0 Å². The Morgan fingerprint density at radius 1 is 1.27 bits per heavy atom. The van der Waals surface area contributed by atoms with Crippen LogP contribution in [0.3, 0.4) is 0 Å². The van der Waals surface area contributed by atoms with Crippen LogP contribution in [0.25, 0.3) is 22.2 Å². The number of fused-ring (bicyclic) bond motifs is 1. The second-order valence-electron chi connectivity index (χ2n) is 4.76. The molecule has 2 aromatic heterocycles. The van der Waals surface area contributed by atoms with E-state index in [4.69, 9.17) is 10.5 Å². The summed E-state index contributed by atoms with van der Waals surface area (Å²) in [6.45, 7) is 3.95. The van der Waals surface area contributed by atoms with Crippen molar-refractivity contribution in [1.82, 2.24) is 20.2 Å². The smallest absolute Gasteiger partial charge is 0.222 e. The van der Waals surface area contributed by atoms with Crippen molar-refractivity contribution in [1.29, 1.82) is 0 Å². The van der Waals surface area contributed by atoms with Crippen molar-refractivity contribution >= 4 is 22.7 Å². The van der Waals surface area contributed by atoms with E-state index in [0.29, 0.717) is 19.8 Å². The van der Waals surface area contributed by atoms with Gasteiger partial charge in [-0.05, 0) is 25.1 Å². The SMILES string of the molecule is CCOCCNc1nc(N)nc2cc(-c3ccn[nH]3)ccc12. The van der Waals surface area contributed by atoms with E-state index in [1.165, 1.54) is 0 Å². The Morgan fingerprint density at radius 2 is 2.18 bits per heavy atom. The number of nitrogens with one attached hydrogen (secondary N) is 2. The molecular weight excluding hydrogens is 280 g/mol. The van der Waals surface area contributed by atoms with Gasteiger partial charge in [0.05, 0.1) is 17.8 Å². The third-order valence-electron chi connectivity index (χ3n) is 3.27. The van der Waals surface area contributed by atoms with Gasteiger partial charge in [-0.2, -0.15) is 10.1 Å². The van der Waals surface area contributed by atoms with Gasteiger partial charge in [0.25, 0.3) is 0 Å². The molecule has 0 aliphatic carbocycles. The average Bonchev–Trinajstić information content (AvgIpc) is 3.05. The van der Waals surface area contributed by atoms with Crippen LogP contribution in [0.2, 0.25) is 0 Å². The number of rotatable bonds is 6. The third-order valence-corrected chi connectivity index (χ3v) is 3.27. The summed E-state index contributed by atoms with van der Waals surface area (Å²) in [5.41, 5.74) is 8.54. The lowest BCUT2D eigenvalue weighted by Gasteiger charge is -2.10. The van der Waals surface area contributed by atoms with Crippen LogP contribution in [0, 0.1) is 0 Å². The number of benzene rings is 1. The lowest BCUT2D eigenvalue weighted by Crippen LogP contribution is -2.11. The standard InChI is InChI=1S/C15H18N6O/c1-2-22-8-7-17-14-11-4-3-10(12-5-6-18-21-12)9-13(11)19-15(16)20-14/h3-6,9H,2,7-8H2,1H3,(H,18,21)(H3,16,17,19,20). The fourth-order valence-corrected chi connectivity index (χ4v) is 2.25. The quantitative estimate of drug-likeness (QED) is 0.602. The van der Waals surface area contributed by atoms with Gasteiger partial charge in [-0.25, -0.2) is 4.98 Å². The molecule has 0 aliphatic heterocycles. The van der Waals surface area contributed by atoms with Gasteiger partial charge in [-0.1, -0.05) is 6.07 Å². The molecule has 2 heterocycles. The molecule has 0 saturated heterocycles. The van der Waals surface area contributed by atoms with Crippen LogP contribution in [0.15, 0.2) is 30.5 Å².